The lowest BCUT2D eigenvalue weighted by molar-refractivity contribution is -0.117. The minimum absolute atomic E-state index is 0.0385. The van der Waals surface area contributed by atoms with Crippen molar-refractivity contribution in [1.82, 2.24) is 15.2 Å². The summed E-state index contributed by atoms with van der Waals surface area (Å²) >= 11 is 12.1. The number of amides is 2. The number of carbonyl (C=O) groups is 2. The van der Waals surface area contributed by atoms with Crippen LogP contribution in [0.15, 0.2) is 53.4 Å². The largest absolute Gasteiger partial charge is 0.269 e. The maximum Gasteiger partial charge on any atom is 0.269 e. The molecule has 0 bridgehead atoms. The summed E-state index contributed by atoms with van der Waals surface area (Å²) in [5.41, 5.74) is 5.06. The highest BCUT2D eigenvalue weighted by molar-refractivity contribution is 7.89. The van der Waals surface area contributed by atoms with Crippen molar-refractivity contribution in [1.29, 1.82) is 0 Å². The van der Waals surface area contributed by atoms with Gasteiger partial charge in [0.15, 0.2) is 0 Å². The number of sulfonamides is 1. The third kappa shape index (κ3) is 5.20. The number of halogens is 2. The van der Waals surface area contributed by atoms with E-state index < -0.39 is 21.8 Å². The van der Waals surface area contributed by atoms with Crippen LogP contribution >= 0.6 is 23.2 Å². The van der Waals surface area contributed by atoms with E-state index in [0.717, 1.165) is 12.8 Å². The molecule has 30 heavy (non-hydrogen) atoms. The monoisotopic (exact) mass is 467 g/mol. The van der Waals surface area contributed by atoms with Crippen LogP contribution in [-0.2, 0) is 14.8 Å². The van der Waals surface area contributed by atoms with Crippen LogP contribution in [0.5, 0.6) is 0 Å². The molecule has 2 aromatic carbocycles. The van der Waals surface area contributed by atoms with Gasteiger partial charge in [0.2, 0.25) is 10.0 Å². The first kappa shape index (κ1) is 22.3. The van der Waals surface area contributed by atoms with Gasteiger partial charge in [0.05, 0.1) is 4.90 Å². The van der Waals surface area contributed by atoms with Crippen LogP contribution in [0.2, 0.25) is 10.0 Å². The zero-order valence-corrected chi connectivity index (χ0v) is 18.1. The molecule has 1 heterocycles. The molecule has 0 atom stereocenters. The van der Waals surface area contributed by atoms with Gasteiger partial charge in [-0.25, -0.2) is 8.42 Å². The van der Waals surface area contributed by atoms with Gasteiger partial charge in [-0.3, -0.25) is 20.4 Å². The minimum atomic E-state index is -3.64. The Hall–Kier alpha value is -2.39. The van der Waals surface area contributed by atoms with Gasteiger partial charge in [-0.1, -0.05) is 35.3 Å². The molecule has 3 rings (SSSR count). The van der Waals surface area contributed by atoms with E-state index in [1.807, 2.05) is 0 Å². The van der Waals surface area contributed by atoms with E-state index in [-0.39, 0.29) is 10.5 Å². The fraction of sp³-hybridized carbons (Fsp3) is 0.200. The van der Waals surface area contributed by atoms with E-state index in [1.165, 1.54) is 40.7 Å². The van der Waals surface area contributed by atoms with Crippen LogP contribution in [0.4, 0.5) is 0 Å². The van der Waals surface area contributed by atoms with Gasteiger partial charge in [0.25, 0.3) is 11.8 Å². The predicted molar refractivity (Wildman–Crippen MR) is 116 cm³/mol. The van der Waals surface area contributed by atoms with Crippen molar-refractivity contribution in [3.05, 3.63) is 69.7 Å². The smallest absolute Gasteiger partial charge is 0.268 e. The average Bonchev–Trinajstić information content (AvgIpc) is 3.27. The Bertz CT molecular complexity index is 1080. The fourth-order valence-corrected chi connectivity index (χ4v) is 5.02. The number of hydrogen-bond donors (Lipinski definition) is 2. The summed E-state index contributed by atoms with van der Waals surface area (Å²) < 4.78 is 26.7. The Morgan fingerprint density at radius 3 is 2.27 bits per heavy atom. The normalized spacial score (nSPS) is 14.7. The Labute approximate surface area is 184 Å². The summed E-state index contributed by atoms with van der Waals surface area (Å²) in [6.07, 6.45) is 4.23. The quantitative estimate of drug-likeness (QED) is 0.520. The number of rotatable bonds is 5. The van der Waals surface area contributed by atoms with Crippen molar-refractivity contribution in [2.24, 2.45) is 0 Å². The van der Waals surface area contributed by atoms with Crippen LogP contribution in [0.1, 0.15) is 28.8 Å². The Balaban J connectivity index is 1.64. The molecule has 0 aromatic heterocycles. The van der Waals surface area contributed by atoms with Crippen molar-refractivity contribution in [3.8, 4) is 0 Å². The highest BCUT2D eigenvalue weighted by atomic mass is 35.5. The van der Waals surface area contributed by atoms with Gasteiger partial charge < -0.3 is 0 Å². The van der Waals surface area contributed by atoms with Crippen LogP contribution < -0.4 is 10.9 Å². The van der Waals surface area contributed by atoms with Crippen molar-refractivity contribution < 1.29 is 18.0 Å². The molecule has 0 spiro atoms. The number of nitrogens with one attached hydrogen (secondary N) is 2. The molecule has 0 radical (unpaired) electrons. The third-order valence-corrected chi connectivity index (χ3v) is 7.05. The molecular weight excluding hydrogens is 449 g/mol. The van der Waals surface area contributed by atoms with Crippen molar-refractivity contribution in [2.75, 3.05) is 13.1 Å². The number of hydrogen-bond acceptors (Lipinski definition) is 4. The number of hydrazine groups is 1. The highest BCUT2D eigenvalue weighted by Crippen LogP contribution is 2.25. The molecule has 1 aliphatic heterocycles. The summed E-state index contributed by atoms with van der Waals surface area (Å²) in [5, 5.41) is 0.762. The highest BCUT2D eigenvalue weighted by Gasteiger charge is 2.27. The molecule has 7 nitrogen and oxygen atoms in total. The molecule has 0 saturated carbocycles. The first-order chi connectivity index (χ1) is 14.3. The van der Waals surface area contributed by atoms with E-state index >= 15 is 0 Å². The summed E-state index contributed by atoms with van der Waals surface area (Å²) in [4.78, 5) is 24.3. The van der Waals surface area contributed by atoms with Gasteiger partial charge in [-0.05, 0) is 49.2 Å². The molecule has 0 aliphatic carbocycles. The molecule has 1 saturated heterocycles. The van der Waals surface area contributed by atoms with Crippen molar-refractivity contribution in [3.63, 3.8) is 0 Å². The molecule has 1 aliphatic rings. The topological polar surface area (TPSA) is 95.6 Å². The van der Waals surface area contributed by atoms with Crippen LogP contribution in [0.25, 0.3) is 6.08 Å². The molecular formula is C20H19Cl2N3O4S. The number of nitrogens with zero attached hydrogens (tertiary/aromatic N) is 1. The lowest BCUT2D eigenvalue weighted by Gasteiger charge is -2.16. The lowest BCUT2D eigenvalue weighted by Crippen LogP contribution is -2.40. The van der Waals surface area contributed by atoms with Crippen molar-refractivity contribution >= 4 is 51.1 Å². The Kier molecular flexibility index (Phi) is 7.14. The number of benzene rings is 2. The number of carbonyl (C=O) groups excluding carboxylic acids is 2. The predicted octanol–water partition coefficient (Wildman–Crippen LogP) is 3.25. The molecule has 158 valence electrons. The lowest BCUT2D eigenvalue weighted by atomic mass is 10.2. The van der Waals surface area contributed by atoms with E-state index in [0.29, 0.717) is 28.7 Å². The summed E-state index contributed by atoms with van der Waals surface area (Å²) in [6, 6.07) is 10.6. The van der Waals surface area contributed by atoms with Crippen LogP contribution in [-0.4, -0.2) is 37.6 Å². The van der Waals surface area contributed by atoms with Crippen LogP contribution in [0, 0.1) is 0 Å². The average molecular weight is 468 g/mol. The first-order valence-electron chi connectivity index (χ1n) is 9.11. The summed E-state index contributed by atoms with van der Waals surface area (Å²) in [5.74, 6) is -1.26. The SMILES string of the molecule is O=C(/C=C/c1c(Cl)cccc1Cl)NNC(=O)c1cccc(S(=O)(=O)N2CCCC2)c1. The molecule has 1 fully saturated rings. The maximum absolute atomic E-state index is 12.6. The van der Waals surface area contributed by atoms with Gasteiger partial charge in [-0.2, -0.15) is 4.31 Å². The molecule has 2 N–H and O–H groups in total. The molecule has 0 unspecified atom stereocenters. The summed E-state index contributed by atoms with van der Waals surface area (Å²) in [6.45, 7) is 0.938. The molecule has 10 heteroatoms. The molecule has 2 amide bonds. The summed E-state index contributed by atoms with van der Waals surface area (Å²) in [7, 11) is -3.64. The van der Waals surface area contributed by atoms with Gasteiger partial charge >= 0.3 is 0 Å². The van der Waals surface area contributed by atoms with Crippen molar-refractivity contribution in [2.45, 2.75) is 17.7 Å². The van der Waals surface area contributed by atoms with Gasteiger partial charge in [0.1, 0.15) is 0 Å². The van der Waals surface area contributed by atoms with Gasteiger partial charge in [0, 0.05) is 40.3 Å². The second-order valence-electron chi connectivity index (χ2n) is 6.55. The maximum atomic E-state index is 12.6. The fourth-order valence-electron chi connectivity index (χ4n) is 2.94. The zero-order valence-electron chi connectivity index (χ0n) is 15.8. The second kappa shape index (κ2) is 9.61. The Morgan fingerprint density at radius 1 is 0.967 bits per heavy atom. The first-order valence-corrected chi connectivity index (χ1v) is 11.3. The van der Waals surface area contributed by atoms with E-state index in [4.69, 9.17) is 23.2 Å². The van der Waals surface area contributed by atoms with E-state index in [2.05, 4.69) is 10.9 Å². The third-order valence-electron chi connectivity index (χ3n) is 4.50. The second-order valence-corrected chi connectivity index (χ2v) is 9.30. The van der Waals surface area contributed by atoms with Gasteiger partial charge in [-0.15, -0.1) is 0 Å². The standard InChI is InChI=1S/C20H19Cl2N3O4S/c21-17-7-4-8-18(22)16(17)9-10-19(26)23-24-20(27)14-5-3-6-15(13-14)30(28,29)25-11-1-2-12-25/h3-10,13H,1-2,11-12H2,(H,23,26)(H,24,27)/b10-9+. The molecule has 2 aromatic rings. The van der Waals surface area contributed by atoms with E-state index in [9.17, 15) is 18.0 Å². The Morgan fingerprint density at radius 2 is 1.60 bits per heavy atom. The van der Waals surface area contributed by atoms with E-state index in [1.54, 1.807) is 18.2 Å². The minimum Gasteiger partial charge on any atom is -0.268 e. The zero-order chi connectivity index (χ0) is 21.7. The van der Waals surface area contributed by atoms with Crippen LogP contribution in [0.3, 0.4) is 0 Å².